The second-order valence-corrected chi connectivity index (χ2v) is 6.57. The Morgan fingerprint density at radius 3 is 2.73 bits per heavy atom. The minimum atomic E-state index is -0.341. The molecule has 1 atom stereocenters. The summed E-state index contributed by atoms with van der Waals surface area (Å²) in [4.78, 5) is 33.9. The Labute approximate surface area is 151 Å². The van der Waals surface area contributed by atoms with Gasteiger partial charge in [-0.15, -0.1) is 0 Å². The lowest BCUT2D eigenvalue weighted by Crippen LogP contribution is -2.30. The van der Waals surface area contributed by atoms with Gasteiger partial charge in [0, 0.05) is 19.5 Å². The molecule has 6 heteroatoms. The summed E-state index contributed by atoms with van der Waals surface area (Å²) in [6.45, 7) is 1.09. The Kier molecular flexibility index (Phi) is 4.39. The maximum atomic E-state index is 12.5. The predicted octanol–water partition coefficient (Wildman–Crippen LogP) is 2.59. The minimum absolute atomic E-state index is 0.0330. The SMILES string of the molecule is O=C(Nc1nc2ccccc2[nH]1)[C@H]1CC(=O)N(CCc2ccccc2)C1. The minimum Gasteiger partial charge on any atom is -0.342 e. The molecule has 1 aliphatic rings. The van der Waals surface area contributed by atoms with Gasteiger partial charge in [0.25, 0.3) is 0 Å². The van der Waals surface area contributed by atoms with Crippen LogP contribution in [0.1, 0.15) is 12.0 Å². The molecular weight excluding hydrogens is 328 g/mol. The molecule has 1 saturated heterocycles. The van der Waals surface area contributed by atoms with Crippen molar-refractivity contribution >= 4 is 28.8 Å². The monoisotopic (exact) mass is 348 g/mol. The lowest BCUT2D eigenvalue weighted by Gasteiger charge is -2.16. The molecule has 0 bridgehead atoms. The summed E-state index contributed by atoms with van der Waals surface area (Å²) < 4.78 is 0. The number of amides is 2. The number of para-hydroxylation sites is 2. The van der Waals surface area contributed by atoms with Crippen LogP contribution in [0.4, 0.5) is 5.95 Å². The average Bonchev–Trinajstić information content (AvgIpc) is 3.23. The number of nitrogens with one attached hydrogen (secondary N) is 2. The molecule has 0 saturated carbocycles. The number of H-pyrrole nitrogens is 1. The summed E-state index contributed by atoms with van der Waals surface area (Å²) in [7, 11) is 0. The molecule has 132 valence electrons. The molecule has 0 aliphatic carbocycles. The first-order chi connectivity index (χ1) is 12.7. The van der Waals surface area contributed by atoms with Crippen LogP contribution in [0.25, 0.3) is 11.0 Å². The Morgan fingerprint density at radius 1 is 1.15 bits per heavy atom. The van der Waals surface area contributed by atoms with Crippen molar-refractivity contribution in [1.29, 1.82) is 0 Å². The maximum Gasteiger partial charge on any atom is 0.232 e. The number of imidazole rings is 1. The highest BCUT2D eigenvalue weighted by molar-refractivity contribution is 5.97. The molecule has 0 radical (unpaired) electrons. The molecule has 1 fully saturated rings. The maximum absolute atomic E-state index is 12.5. The summed E-state index contributed by atoms with van der Waals surface area (Å²) in [5.41, 5.74) is 2.86. The molecule has 26 heavy (non-hydrogen) atoms. The van der Waals surface area contributed by atoms with Crippen LogP contribution in [-0.2, 0) is 16.0 Å². The van der Waals surface area contributed by atoms with Crippen LogP contribution in [0.3, 0.4) is 0 Å². The van der Waals surface area contributed by atoms with E-state index in [1.165, 1.54) is 5.56 Å². The Bertz CT molecular complexity index is 902. The molecule has 4 rings (SSSR count). The molecule has 0 spiro atoms. The van der Waals surface area contributed by atoms with Gasteiger partial charge in [0.05, 0.1) is 17.0 Å². The summed E-state index contributed by atoms with van der Waals surface area (Å²) in [6, 6.07) is 17.6. The van der Waals surface area contributed by atoms with E-state index in [1.807, 2.05) is 54.6 Å². The molecule has 3 aromatic rings. The second-order valence-electron chi connectivity index (χ2n) is 6.57. The van der Waals surface area contributed by atoms with E-state index in [2.05, 4.69) is 15.3 Å². The molecule has 2 amide bonds. The van der Waals surface area contributed by atoms with Gasteiger partial charge < -0.3 is 9.88 Å². The van der Waals surface area contributed by atoms with Crippen molar-refractivity contribution in [3.63, 3.8) is 0 Å². The number of fused-ring (bicyclic) bond motifs is 1. The number of nitrogens with zero attached hydrogens (tertiary/aromatic N) is 2. The number of rotatable bonds is 5. The lowest BCUT2D eigenvalue weighted by molar-refractivity contribution is -0.128. The summed E-state index contributed by atoms with van der Waals surface area (Å²) in [6.07, 6.45) is 1.05. The third-order valence-electron chi connectivity index (χ3n) is 4.73. The van der Waals surface area contributed by atoms with E-state index in [9.17, 15) is 9.59 Å². The highest BCUT2D eigenvalue weighted by Crippen LogP contribution is 2.21. The van der Waals surface area contributed by atoms with Crippen LogP contribution in [0, 0.1) is 5.92 Å². The normalized spacial score (nSPS) is 17.0. The molecule has 2 heterocycles. The van der Waals surface area contributed by atoms with Crippen LogP contribution in [-0.4, -0.2) is 39.8 Å². The first-order valence-electron chi connectivity index (χ1n) is 8.76. The van der Waals surface area contributed by atoms with Crippen molar-refractivity contribution in [2.75, 3.05) is 18.4 Å². The van der Waals surface area contributed by atoms with Gasteiger partial charge in [-0.2, -0.15) is 0 Å². The number of aromatic amines is 1. The molecule has 2 N–H and O–H groups in total. The van der Waals surface area contributed by atoms with E-state index in [-0.39, 0.29) is 24.2 Å². The number of likely N-dealkylation sites (tertiary alicyclic amines) is 1. The Hall–Kier alpha value is -3.15. The van der Waals surface area contributed by atoms with Gasteiger partial charge in [-0.3, -0.25) is 14.9 Å². The number of carbonyl (C=O) groups is 2. The summed E-state index contributed by atoms with van der Waals surface area (Å²) in [5, 5.41) is 2.80. The highest BCUT2D eigenvalue weighted by atomic mass is 16.2. The third-order valence-corrected chi connectivity index (χ3v) is 4.73. The van der Waals surface area contributed by atoms with E-state index in [4.69, 9.17) is 0 Å². The van der Waals surface area contributed by atoms with Crippen LogP contribution in [0.2, 0.25) is 0 Å². The van der Waals surface area contributed by atoms with Gasteiger partial charge in [-0.1, -0.05) is 42.5 Å². The quantitative estimate of drug-likeness (QED) is 0.744. The first kappa shape index (κ1) is 16.3. The summed E-state index contributed by atoms with van der Waals surface area (Å²) in [5.74, 6) is -0.0526. The number of benzene rings is 2. The standard InChI is InChI=1S/C20H20N4O2/c25-18-12-15(13-24(18)11-10-14-6-2-1-3-7-14)19(26)23-20-21-16-8-4-5-9-17(16)22-20/h1-9,15H,10-13H2,(H2,21,22,23,26)/t15-/m0/s1. The highest BCUT2D eigenvalue weighted by Gasteiger charge is 2.34. The van der Waals surface area contributed by atoms with E-state index in [0.29, 0.717) is 19.0 Å². The van der Waals surface area contributed by atoms with Crippen molar-refractivity contribution in [3.05, 3.63) is 60.2 Å². The largest absolute Gasteiger partial charge is 0.342 e. The number of hydrogen-bond acceptors (Lipinski definition) is 3. The lowest BCUT2D eigenvalue weighted by atomic mass is 10.1. The molecular formula is C20H20N4O2. The zero-order chi connectivity index (χ0) is 17.9. The van der Waals surface area contributed by atoms with Gasteiger partial charge in [-0.05, 0) is 24.1 Å². The molecule has 0 unspecified atom stereocenters. The van der Waals surface area contributed by atoms with Crippen LogP contribution in [0.5, 0.6) is 0 Å². The first-order valence-corrected chi connectivity index (χ1v) is 8.76. The number of hydrogen-bond donors (Lipinski definition) is 2. The van der Waals surface area contributed by atoms with Gasteiger partial charge in [0.1, 0.15) is 0 Å². The molecule has 2 aromatic carbocycles. The smallest absolute Gasteiger partial charge is 0.232 e. The molecule has 1 aliphatic heterocycles. The van der Waals surface area contributed by atoms with E-state index < -0.39 is 0 Å². The number of aromatic nitrogens is 2. The van der Waals surface area contributed by atoms with Gasteiger partial charge in [0.2, 0.25) is 17.8 Å². The van der Waals surface area contributed by atoms with Gasteiger partial charge >= 0.3 is 0 Å². The zero-order valence-corrected chi connectivity index (χ0v) is 14.3. The third kappa shape index (κ3) is 3.44. The fourth-order valence-corrected chi connectivity index (χ4v) is 3.30. The van der Waals surface area contributed by atoms with Crippen molar-refractivity contribution in [3.8, 4) is 0 Å². The Morgan fingerprint density at radius 2 is 1.92 bits per heavy atom. The summed E-state index contributed by atoms with van der Waals surface area (Å²) >= 11 is 0. The van der Waals surface area contributed by atoms with Crippen molar-refractivity contribution in [2.24, 2.45) is 5.92 Å². The number of anilines is 1. The van der Waals surface area contributed by atoms with Crippen LogP contribution >= 0.6 is 0 Å². The van der Waals surface area contributed by atoms with Crippen molar-refractivity contribution in [2.45, 2.75) is 12.8 Å². The number of carbonyl (C=O) groups excluding carboxylic acids is 2. The average molecular weight is 348 g/mol. The second kappa shape index (κ2) is 7.00. The van der Waals surface area contributed by atoms with Crippen molar-refractivity contribution < 1.29 is 9.59 Å². The van der Waals surface area contributed by atoms with E-state index in [0.717, 1.165) is 17.5 Å². The zero-order valence-electron chi connectivity index (χ0n) is 14.3. The molecule has 6 nitrogen and oxygen atoms in total. The van der Waals surface area contributed by atoms with E-state index in [1.54, 1.807) is 4.90 Å². The van der Waals surface area contributed by atoms with Gasteiger partial charge in [0.15, 0.2) is 0 Å². The Balaban J connectivity index is 1.36. The van der Waals surface area contributed by atoms with Crippen molar-refractivity contribution in [1.82, 2.24) is 14.9 Å². The fourth-order valence-electron chi connectivity index (χ4n) is 3.30. The fraction of sp³-hybridized carbons (Fsp3) is 0.250. The molecule has 1 aromatic heterocycles. The topological polar surface area (TPSA) is 78.1 Å². The van der Waals surface area contributed by atoms with Crippen LogP contribution in [0.15, 0.2) is 54.6 Å². The predicted molar refractivity (Wildman–Crippen MR) is 99.6 cm³/mol. The van der Waals surface area contributed by atoms with E-state index >= 15 is 0 Å². The van der Waals surface area contributed by atoms with Gasteiger partial charge in [-0.25, -0.2) is 4.98 Å². The van der Waals surface area contributed by atoms with Crippen LogP contribution < -0.4 is 5.32 Å².